The van der Waals surface area contributed by atoms with E-state index in [-0.39, 0.29) is 17.2 Å². The van der Waals surface area contributed by atoms with Crippen molar-refractivity contribution in [2.45, 2.75) is 6.92 Å². The summed E-state index contributed by atoms with van der Waals surface area (Å²) < 4.78 is 0. The van der Waals surface area contributed by atoms with Gasteiger partial charge in [0.25, 0.3) is 0 Å². The largest absolute Gasteiger partial charge is 0.295 e. The maximum absolute atomic E-state index is 10.9. The second-order valence-electron chi connectivity index (χ2n) is 2.41. The lowest BCUT2D eigenvalue weighted by molar-refractivity contribution is 0.101. The van der Waals surface area contributed by atoms with E-state index in [2.05, 4.69) is 4.98 Å². The Hall–Kier alpha value is -2.20. The van der Waals surface area contributed by atoms with E-state index in [0.29, 0.717) is 5.56 Å². The zero-order valence-electron chi connectivity index (χ0n) is 6.90. The summed E-state index contributed by atoms with van der Waals surface area (Å²) in [7, 11) is 0. The summed E-state index contributed by atoms with van der Waals surface area (Å²) in [6.07, 6.45) is 0. The van der Waals surface area contributed by atoms with Gasteiger partial charge in [-0.25, -0.2) is 4.98 Å². The Morgan fingerprint density at radius 3 is 2.08 bits per heavy atom. The van der Waals surface area contributed by atoms with Crippen LogP contribution in [0.5, 0.6) is 0 Å². The number of aromatic nitrogens is 1. The van der Waals surface area contributed by atoms with Gasteiger partial charge in [0.05, 0.1) is 0 Å². The smallest absolute Gasteiger partial charge is 0.160 e. The molecule has 1 aromatic heterocycles. The van der Waals surface area contributed by atoms with E-state index in [4.69, 9.17) is 10.5 Å². The fourth-order valence-corrected chi connectivity index (χ4v) is 0.848. The molecule has 62 valence electrons. The zero-order chi connectivity index (χ0) is 9.84. The van der Waals surface area contributed by atoms with Crippen molar-refractivity contribution >= 4 is 5.78 Å². The maximum Gasteiger partial charge on any atom is 0.160 e. The number of hydrogen-bond donors (Lipinski definition) is 0. The number of Topliss-reactive ketones (excluding diaryl/α,β-unsaturated/α-hetero) is 1. The van der Waals surface area contributed by atoms with Gasteiger partial charge in [-0.1, -0.05) is 0 Å². The minimum Gasteiger partial charge on any atom is -0.295 e. The number of ketones is 1. The molecule has 0 saturated heterocycles. The Morgan fingerprint density at radius 1 is 1.31 bits per heavy atom. The average Bonchev–Trinajstić information content (AvgIpc) is 2.16. The van der Waals surface area contributed by atoms with Gasteiger partial charge in [0, 0.05) is 5.56 Å². The van der Waals surface area contributed by atoms with Gasteiger partial charge in [0.1, 0.15) is 23.5 Å². The Labute approximate surface area is 75.1 Å². The molecule has 0 bridgehead atoms. The molecule has 1 aromatic rings. The van der Waals surface area contributed by atoms with Crippen LogP contribution in [0.4, 0.5) is 0 Å². The van der Waals surface area contributed by atoms with E-state index in [1.807, 2.05) is 0 Å². The summed E-state index contributed by atoms with van der Waals surface area (Å²) in [6, 6.07) is 6.29. The second-order valence-corrected chi connectivity index (χ2v) is 2.41. The molecule has 0 fully saturated rings. The molecule has 0 aliphatic carbocycles. The average molecular weight is 171 g/mol. The van der Waals surface area contributed by atoms with E-state index in [1.54, 1.807) is 12.1 Å². The molecule has 0 spiro atoms. The van der Waals surface area contributed by atoms with Crippen LogP contribution in [-0.2, 0) is 0 Å². The molecule has 13 heavy (non-hydrogen) atoms. The first-order valence-electron chi connectivity index (χ1n) is 3.50. The van der Waals surface area contributed by atoms with Crippen molar-refractivity contribution in [1.82, 2.24) is 4.98 Å². The molecule has 1 rings (SSSR count). The molecular formula is C9H5N3O. The van der Waals surface area contributed by atoms with Crippen molar-refractivity contribution in [3.8, 4) is 12.1 Å². The quantitative estimate of drug-likeness (QED) is 0.591. The lowest BCUT2D eigenvalue weighted by Crippen LogP contribution is -1.97. The molecule has 0 aliphatic rings. The highest BCUT2D eigenvalue weighted by molar-refractivity contribution is 5.94. The van der Waals surface area contributed by atoms with Gasteiger partial charge < -0.3 is 0 Å². The van der Waals surface area contributed by atoms with Gasteiger partial charge in [-0.2, -0.15) is 10.5 Å². The van der Waals surface area contributed by atoms with Crippen LogP contribution >= 0.6 is 0 Å². The van der Waals surface area contributed by atoms with Crippen molar-refractivity contribution in [1.29, 1.82) is 10.5 Å². The Kier molecular flexibility index (Phi) is 2.37. The van der Waals surface area contributed by atoms with Crippen molar-refractivity contribution in [3.05, 3.63) is 29.1 Å². The highest BCUT2D eigenvalue weighted by Crippen LogP contribution is 2.05. The second kappa shape index (κ2) is 3.46. The summed E-state index contributed by atoms with van der Waals surface area (Å²) in [5, 5.41) is 17.1. The van der Waals surface area contributed by atoms with Crippen LogP contribution in [0.3, 0.4) is 0 Å². The number of pyridine rings is 1. The summed E-state index contributed by atoms with van der Waals surface area (Å²) >= 11 is 0. The minimum atomic E-state index is -0.185. The summed E-state index contributed by atoms with van der Waals surface area (Å²) in [5.74, 6) is -0.185. The Bertz CT molecular complexity index is 405. The van der Waals surface area contributed by atoms with Crippen LogP contribution in [0.2, 0.25) is 0 Å². The molecule has 0 atom stereocenters. The SMILES string of the molecule is CC(=O)c1cc(C#N)nc(C#N)c1. The highest BCUT2D eigenvalue weighted by Gasteiger charge is 2.04. The molecule has 4 heteroatoms. The van der Waals surface area contributed by atoms with Crippen LogP contribution in [0.25, 0.3) is 0 Å². The van der Waals surface area contributed by atoms with E-state index >= 15 is 0 Å². The normalized spacial score (nSPS) is 8.54. The van der Waals surface area contributed by atoms with Gasteiger partial charge in [-0.3, -0.25) is 4.79 Å². The van der Waals surface area contributed by atoms with Crippen LogP contribution < -0.4 is 0 Å². The Morgan fingerprint density at radius 2 is 1.77 bits per heavy atom. The first-order chi connectivity index (χ1) is 6.17. The number of hydrogen-bond acceptors (Lipinski definition) is 4. The topological polar surface area (TPSA) is 77.5 Å². The van der Waals surface area contributed by atoms with Crippen LogP contribution in [-0.4, -0.2) is 10.8 Å². The number of rotatable bonds is 1. The monoisotopic (exact) mass is 171 g/mol. The zero-order valence-corrected chi connectivity index (χ0v) is 6.90. The third kappa shape index (κ3) is 1.88. The predicted molar refractivity (Wildman–Crippen MR) is 43.7 cm³/mol. The lowest BCUT2D eigenvalue weighted by Gasteiger charge is -1.95. The van der Waals surface area contributed by atoms with E-state index in [0.717, 1.165) is 0 Å². The van der Waals surface area contributed by atoms with E-state index < -0.39 is 0 Å². The van der Waals surface area contributed by atoms with Crippen molar-refractivity contribution in [2.75, 3.05) is 0 Å². The molecule has 0 N–H and O–H groups in total. The van der Waals surface area contributed by atoms with Crippen molar-refractivity contribution < 1.29 is 4.79 Å². The molecule has 1 heterocycles. The first kappa shape index (κ1) is 8.89. The summed E-state index contributed by atoms with van der Waals surface area (Å²) in [5.41, 5.74) is 0.511. The lowest BCUT2D eigenvalue weighted by atomic mass is 10.1. The van der Waals surface area contributed by atoms with Crippen molar-refractivity contribution in [2.24, 2.45) is 0 Å². The van der Waals surface area contributed by atoms with Crippen LogP contribution in [0, 0.1) is 22.7 Å². The molecule has 0 unspecified atom stereocenters. The molecule has 0 saturated carbocycles. The predicted octanol–water partition coefficient (Wildman–Crippen LogP) is 1.03. The molecule has 0 aliphatic heterocycles. The fourth-order valence-electron chi connectivity index (χ4n) is 0.848. The van der Waals surface area contributed by atoms with Gasteiger partial charge in [-0.15, -0.1) is 0 Å². The Balaban J connectivity index is 3.35. The molecular weight excluding hydrogens is 166 g/mol. The van der Waals surface area contributed by atoms with Crippen LogP contribution in [0.1, 0.15) is 28.7 Å². The summed E-state index contributed by atoms with van der Waals surface area (Å²) in [4.78, 5) is 14.6. The molecule has 4 nitrogen and oxygen atoms in total. The fraction of sp³-hybridized carbons (Fsp3) is 0.111. The maximum atomic E-state index is 10.9. The van der Waals surface area contributed by atoms with E-state index in [9.17, 15) is 4.79 Å². The highest BCUT2D eigenvalue weighted by atomic mass is 16.1. The van der Waals surface area contributed by atoms with Gasteiger partial charge in [0.15, 0.2) is 5.78 Å². The van der Waals surface area contributed by atoms with Gasteiger partial charge in [0.2, 0.25) is 0 Å². The number of carbonyl (C=O) groups excluding carboxylic acids is 1. The minimum absolute atomic E-state index is 0.0873. The third-order valence-electron chi connectivity index (χ3n) is 1.46. The van der Waals surface area contributed by atoms with Gasteiger partial charge >= 0.3 is 0 Å². The molecule has 0 radical (unpaired) electrons. The third-order valence-corrected chi connectivity index (χ3v) is 1.46. The summed E-state index contributed by atoms with van der Waals surface area (Å²) in [6.45, 7) is 1.37. The molecule has 0 aromatic carbocycles. The molecule has 0 amide bonds. The van der Waals surface area contributed by atoms with Gasteiger partial charge in [-0.05, 0) is 19.1 Å². The standard InChI is InChI=1S/C9H5N3O/c1-6(13)7-2-8(4-10)12-9(3-7)5-11/h2-3H,1H3. The van der Waals surface area contributed by atoms with Crippen molar-refractivity contribution in [3.63, 3.8) is 0 Å². The number of nitrogens with zero attached hydrogens (tertiary/aromatic N) is 3. The van der Waals surface area contributed by atoms with E-state index in [1.165, 1.54) is 19.1 Å². The number of carbonyl (C=O) groups is 1. The first-order valence-corrected chi connectivity index (χ1v) is 3.50. The number of nitriles is 2. The van der Waals surface area contributed by atoms with Crippen LogP contribution in [0.15, 0.2) is 12.1 Å².